The molecule has 3 amide bonds. The van der Waals surface area contributed by atoms with E-state index in [1.807, 2.05) is 0 Å². The average Bonchev–Trinajstić information content (AvgIpc) is 2.74. The first kappa shape index (κ1) is 14.2. The average molecular weight is 258 g/mol. The highest BCUT2D eigenvalue weighted by molar-refractivity contribution is 5.86. The second-order valence-corrected chi connectivity index (χ2v) is 4.34. The van der Waals surface area contributed by atoms with Crippen LogP contribution < -0.4 is 11.5 Å². The van der Waals surface area contributed by atoms with Crippen LogP contribution in [0.2, 0.25) is 0 Å². The van der Waals surface area contributed by atoms with Crippen LogP contribution in [0.4, 0.5) is 4.79 Å². The van der Waals surface area contributed by atoms with E-state index < -0.39 is 31.0 Å². The van der Waals surface area contributed by atoms with Crippen LogP contribution >= 0.6 is 0 Å². The molecular formula is C10H18N4O4. The van der Waals surface area contributed by atoms with Crippen molar-refractivity contribution in [1.82, 2.24) is 9.80 Å². The van der Waals surface area contributed by atoms with Gasteiger partial charge >= 0.3 is 12.0 Å². The normalized spacial score (nSPS) is 18.7. The Kier molecular flexibility index (Phi) is 4.90. The first-order chi connectivity index (χ1) is 8.43. The van der Waals surface area contributed by atoms with Crippen LogP contribution in [-0.2, 0) is 9.59 Å². The summed E-state index contributed by atoms with van der Waals surface area (Å²) in [6, 6.07) is -0.479. The summed E-state index contributed by atoms with van der Waals surface area (Å²) in [5, 5.41) is 8.70. The van der Waals surface area contributed by atoms with E-state index in [4.69, 9.17) is 16.6 Å². The lowest BCUT2D eigenvalue weighted by molar-refractivity contribution is -0.138. The van der Waals surface area contributed by atoms with E-state index >= 15 is 0 Å². The van der Waals surface area contributed by atoms with Gasteiger partial charge in [-0.15, -0.1) is 0 Å². The standard InChI is InChI=1S/C10H18N4O4/c11-3-7-1-2-13(4-7)10(18)14(5-8(12)15)6-9(16)17/h7H,1-6,11H2,(H2,12,15)(H,16,17). The lowest BCUT2D eigenvalue weighted by Crippen LogP contribution is -2.48. The van der Waals surface area contributed by atoms with Crippen molar-refractivity contribution < 1.29 is 19.5 Å². The van der Waals surface area contributed by atoms with Gasteiger partial charge in [0.1, 0.15) is 13.1 Å². The van der Waals surface area contributed by atoms with Gasteiger partial charge in [-0.05, 0) is 18.9 Å². The van der Waals surface area contributed by atoms with E-state index in [9.17, 15) is 14.4 Å². The van der Waals surface area contributed by atoms with Crippen LogP contribution in [0.5, 0.6) is 0 Å². The number of urea groups is 1. The van der Waals surface area contributed by atoms with Crippen molar-refractivity contribution in [2.45, 2.75) is 6.42 Å². The molecule has 0 bridgehead atoms. The molecule has 1 saturated heterocycles. The number of carbonyl (C=O) groups excluding carboxylic acids is 2. The summed E-state index contributed by atoms with van der Waals surface area (Å²) in [6.07, 6.45) is 0.791. The number of nitrogens with zero attached hydrogens (tertiary/aromatic N) is 2. The lowest BCUT2D eigenvalue weighted by Gasteiger charge is -2.25. The Morgan fingerprint density at radius 2 is 2.00 bits per heavy atom. The molecule has 8 heteroatoms. The predicted octanol–water partition coefficient (Wildman–Crippen LogP) is -1.74. The number of carboxylic acid groups (broad SMARTS) is 1. The number of likely N-dealkylation sites (tertiary alicyclic amines) is 1. The smallest absolute Gasteiger partial charge is 0.323 e. The first-order valence-electron chi connectivity index (χ1n) is 5.68. The summed E-state index contributed by atoms with van der Waals surface area (Å²) in [4.78, 5) is 35.9. The van der Waals surface area contributed by atoms with Gasteiger partial charge in [-0.25, -0.2) is 4.79 Å². The number of rotatable bonds is 5. The van der Waals surface area contributed by atoms with Crippen molar-refractivity contribution in [2.24, 2.45) is 17.4 Å². The van der Waals surface area contributed by atoms with Gasteiger partial charge in [0.15, 0.2) is 0 Å². The van der Waals surface area contributed by atoms with E-state index in [0.717, 1.165) is 11.3 Å². The molecule has 1 fully saturated rings. The predicted molar refractivity (Wildman–Crippen MR) is 62.5 cm³/mol. The number of carbonyl (C=O) groups is 3. The molecule has 5 N–H and O–H groups in total. The number of aliphatic carboxylic acids is 1. The maximum absolute atomic E-state index is 12.0. The number of primary amides is 1. The number of carboxylic acids is 1. The molecule has 8 nitrogen and oxygen atoms in total. The molecule has 0 aromatic rings. The van der Waals surface area contributed by atoms with Gasteiger partial charge in [-0.2, -0.15) is 0 Å². The maximum Gasteiger partial charge on any atom is 0.323 e. The van der Waals surface area contributed by atoms with Crippen LogP contribution in [0.25, 0.3) is 0 Å². The van der Waals surface area contributed by atoms with Gasteiger partial charge in [0, 0.05) is 13.1 Å². The molecule has 0 spiro atoms. The van der Waals surface area contributed by atoms with E-state index in [1.165, 1.54) is 4.90 Å². The molecule has 18 heavy (non-hydrogen) atoms. The Morgan fingerprint density at radius 3 is 2.44 bits per heavy atom. The number of nitrogens with two attached hydrogens (primary N) is 2. The molecule has 0 aliphatic carbocycles. The van der Waals surface area contributed by atoms with E-state index in [0.29, 0.717) is 19.6 Å². The zero-order valence-electron chi connectivity index (χ0n) is 10.0. The molecule has 1 atom stereocenters. The molecule has 1 heterocycles. The van der Waals surface area contributed by atoms with Crippen molar-refractivity contribution >= 4 is 17.9 Å². The third-order valence-electron chi connectivity index (χ3n) is 2.83. The number of amides is 3. The van der Waals surface area contributed by atoms with Crippen LogP contribution in [0.15, 0.2) is 0 Å². The monoisotopic (exact) mass is 258 g/mol. The highest BCUT2D eigenvalue weighted by Crippen LogP contribution is 2.16. The molecule has 0 aromatic carbocycles. The topological polar surface area (TPSA) is 130 Å². The van der Waals surface area contributed by atoms with E-state index in [2.05, 4.69) is 0 Å². The van der Waals surface area contributed by atoms with Crippen molar-refractivity contribution in [2.75, 3.05) is 32.7 Å². The first-order valence-corrected chi connectivity index (χ1v) is 5.68. The highest BCUT2D eigenvalue weighted by atomic mass is 16.4. The van der Waals surface area contributed by atoms with Gasteiger partial charge in [0.25, 0.3) is 0 Å². The Morgan fingerprint density at radius 1 is 1.33 bits per heavy atom. The van der Waals surface area contributed by atoms with Crippen LogP contribution in [0.1, 0.15) is 6.42 Å². The second kappa shape index (κ2) is 6.20. The summed E-state index contributed by atoms with van der Waals surface area (Å²) in [6.45, 7) is 0.568. The number of hydrogen-bond donors (Lipinski definition) is 3. The maximum atomic E-state index is 12.0. The summed E-state index contributed by atoms with van der Waals surface area (Å²) in [7, 11) is 0. The molecule has 0 saturated carbocycles. The second-order valence-electron chi connectivity index (χ2n) is 4.34. The fourth-order valence-corrected chi connectivity index (χ4v) is 1.94. The molecule has 102 valence electrons. The van der Waals surface area contributed by atoms with Gasteiger partial charge < -0.3 is 26.4 Å². The molecule has 0 radical (unpaired) electrons. The zero-order valence-corrected chi connectivity index (χ0v) is 10.0. The van der Waals surface area contributed by atoms with Crippen LogP contribution in [0, 0.1) is 5.92 Å². The fourth-order valence-electron chi connectivity index (χ4n) is 1.94. The summed E-state index contributed by atoms with van der Waals surface area (Å²) >= 11 is 0. The van der Waals surface area contributed by atoms with Crippen molar-refractivity contribution in [1.29, 1.82) is 0 Å². The third kappa shape index (κ3) is 3.88. The molecule has 1 unspecified atom stereocenters. The largest absolute Gasteiger partial charge is 0.480 e. The summed E-state index contributed by atoms with van der Waals surface area (Å²) in [5.74, 6) is -1.69. The Bertz CT molecular complexity index is 331. The van der Waals surface area contributed by atoms with Crippen molar-refractivity contribution in [3.63, 3.8) is 0 Å². The minimum atomic E-state index is -1.18. The van der Waals surface area contributed by atoms with Crippen molar-refractivity contribution in [3.05, 3.63) is 0 Å². The Hall–Kier alpha value is -1.83. The van der Waals surface area contributed by atoms with Crippen molar-refractivity contribution in [3.8, 4) is 0 Å². The molecule has 1 rings (SSSR count). The van der Waals surface area contributed by atoms with Gasteiger partial charge in [-0.1, -0.05) is 0 Å². The van der Waals surface area contributed by atoms with Gasteiger partial charge in [0.05, 0.1) is 0 Å². The number of hydrogen-bond acceptors (Lipinski definition) is 4. The molecule has 0 aromatic heterocycles. The molecule has 1 aliphatic rings. The van der Waals surface area contributed by atoms with Crippen LogP contribution in [0.3, 0.4) is 0 Å². The van der Waals surface area contributed by atoms with Gasteiger partial charge in [-0.3, -0.25) is 9.59 Å². The highest BCUT2D eigenvalue weighted by Gasteiger charge is 2.30. The zero-order chi connectivity index (χ0) is 13.7. The Labute approximate surface area is 104 Å². The lowest BCUT2D eigenvalue weighted by atomic mass is 10.1. The van der Waals surface area contributed by atoms with Crippen LogP contribution in [-0.4, -0.2) is 65.5 Å². The van der Waals surface area contributed by atoms with Gasteiger partial charge in [0.2, 0.25) is 5.91 Å². The fraction of sp³-hybridized carbons (Fsp3) is 0.700. The Balaban J connectivity index is 2.64. The summed E-state index contributed by atoms with van der Waals surface area (Å²) in [5.41, 5.74) is 10.5. The molecule has 1 aliphatic heterocycles. The summed E-state index contributed by atoms with van der Waals surface area (Å²) < 4.78 is 0. The quantitative estimate of drug-likeness (QED) is 0.539. The third-order valence-corrected chi connectivity index (χ3v) is 2.83. The minimum Gasteiger partial charge on any atom is -0.480 e. The minimum absolute atomic E-state index is 0.231. The van der Waals surface area contributed by atoms with E-state index in [-0.39, 0.29) is 5.92 Å². The van der Waals surface area contributed by atoms with E-state index in [1.54, 1.807) is 0 Å². The SMILES string of the molecule is NCC1CCN(C(=O)N(CC(N)=O)CC(=O)O)C1. The molecular weight excluding hydrogens is 240 g/mol.